The zero-order valence-corrected chi connectivity index (χ0v) is 12.4. The van der Waals surface area contributed by atoms with E-state index in [2.05, 4.69) is 4.99 Å². The van der Waals surface area contributed by atoms with E-state index in [9.17, 15) is 14.7 Å². The molecule has 3 N–H and O–H groups in total. The summed E-state index contributed by atoms with van der Waals surface area (Å²) < 4.78 is 7.03. The number of aliphatic imine (C=N–C) groups is 1. The number of benzene rings is 1. The van der Waals surface area contributed by atoms with Gasteiger partial charge in [-0.1, -0.05) is 6.07 Å². The molecule has 8 heteroatoms. The van der Waals surface area contributed by atoms with Crippen LogP contribution in [0.4, 0.5) is 11.5 Å². The van der Waals surface area contributed by atoms with E-state index in [-0.39, 0.29) is 23.0 Å². The van der Waals surface area contributed by atoms with Crippen molar-refractivity contribution in [3.63, 3.8) is 0 Å². The number of rotatable bonds is 3. The summed E-state index contributed by atoms with van der Waals surface area (Å²) in [7, 11) is 4.21. The minimum Gasteiger partial charge on any atom is -0.504 e. The molecule has 0 aliphatic rings. The van der Waals surface area contributed by atoms with Crippen LogP contribution in [0.15, 0.2) is 32.8 Å². The van der Waals surface area contributed by atoms with Gasteiger partial charge in [-0.25, -0.2) is 9.79 Å². The molecule has 0 unspecified atom stereocenters. The Morgan fingerprint density at radius 2 is 1.95 bits per heavy atom. The van der Waals surface area contributed by atoms with Crippen LogP contribution in [-0.4, -0.2) is 27.6 Å². The van der Waals surface area contributed by atoms with Crippen LogP contribution < -0.4 is 21.7 Å². The molecule has 0 spiro atoms. The zero-order valence-electron chi connectivity index (χ0n) is 12.4. The molecule has 0 saturated carbocycles. The van der Waals surface area contributed by atoms with E-state index in [0.717, 1.165) is 9.13 Å². The Morgan fingerprint density at radius 3 is 2.59 bits per heavy atom. The monoisotopic (exact) mass is 304 g/mol. The second-order valence-electron chi connectivity index (χ2n) is 4.60. The van der Waals surface area contributed by atoms with E-state index in [0.29, 0.717) is 5.56 Å². The molecule has 0 aliphatic carbocycles. The largest absolute Gasteiger partial charge is 0.504 e. The summed E-state index contributed by atoms with van der Waals surface area (Å²) >= 11 is 0. The van der Waals surface area contributed by atoms with Crippen LogP contribution in [0.2, 0.25) is 0 Å². The number of aromatic nitrogens is 2. The zero-order chi connectivity index (χ0) is 16.4. The van der Waals surface area contributed by atoms with E-state index in [1.807, 2.05) is 0 Å². The summed E-state index contributed by atoms with van der Waals surface area (Å²) in [5, 5.41) is 9.97. The Bertz CT molecular complexity index is 864. The van der Waals surface area contributed by atoms with Crippen LogP contribution in [0, 0.1) is 0 Å². The number of para-hydroxylation sites is 1. The van der Waals surface area contributed by atoms with Gasteiger partial charge < -0.3 is 15.6 Å². The first-order chi connectivity index (χ1) is 10.4. The molecule has 0 radical (unpaired) electrons. The lowest BCUT2D eigenvalue weighted by Crippen LogP contribution is -2.37. The van der Waals surface area contributed by atoms with Crippen LogP contribution in [0.5, 0.6) is 11.5 Å². The van der Waals surface area contributed by atoms with Gasteiger partial charge in [0.25, 0.3) is 5.56 Å². The molecule has 0 atom stereocenters. The van der Waals surface area contributed by atoms with Gasteiger partial charge in [0.2, 0.25) is 0 Å². The van der Waals surface area contributed by atoms with Gasteiger partial charge in [0.15, 0.2) is 17.2 Å². The molecule has 0 amide bonds. The average Bonchev–Trinajstić information content (AvgIpc) is 2.52. The van der Waals surface area contributed by atoms with Crippen molar-refractivity contribution in [1.82, 2.24) is 9.13 Å². The van der Waals surface area contributed by atoms with Crippen molar-refractivity contribution in [3.05, 3.63) is 44.6 Å². The normalized spacial score (nSPS) is 11.0. The fourth-order valence-corrected chi connectivity index (χ4v) is 1.91. The van der Waals surface area contributed by atoms with Crippen molar-refractivity contribution in [3.8, 4) is 11.5 Å². The van der Waals surface area contributed by atoms with Crippen LogP contribution >= 0.6 is 0 Å². The number of anilines is 1. The summed E-state index contributed by atoms with van der Waals surface area (Å²) in [6, 6.07) is 4.86. The van der Waals surface area contributed by atoms with E-state index in [1.54, 1.807) is 18.2 Å². The minimum atomic E-state index is -0.612. The lowest BCUT2D eigenvalue weighted by molar-refractivity contribution is 0.373. The van der Waals surface area contributed by atoms with Crippen LogP contribution in [0.1, 0.15) is 5.56 Å². The molecular formula is C14H16N4O4. The first kappa shape index (κ1) is 15.4. The predicted molar refractivity (Wildman–Crippen MR) is 83.2 cm³/mol. The van der Waals surface area contributed by atoms with E-state index >= 15 is 0 Å². The lowest BCUT2D eigenvalue weighted by atomic mass is 10.2. The first-order valence-electron chi connectivity index (χ1n) is 6.34. The van der Waals surface area contributed by atoms with Gasteiger partial charge in [-0.05, 0) is 12.1 Å². The number of hydrogen-bond donors (Lipinski definition) is 2. The topological polar surface area (TPSA) is 112 Å². The van der Waals surface area contributed by atoms with Gasteiger partial charge in [-0.2, -0.15) is 0 Å². The highest BCUT2D eigenvalue weighted by atomic mass is 16.5. The maximum absolute atomic E-state index is 12.1. The second-order valence-corrected chi connectivity index (χ2v) is 4.60. The summed E-state index contributed by atoms with van der Waals surface area (Å²) in [5.41, 5.74) is 4.89. The minimum absolute atomic E-state index is 0.0493. The Labute approximate surface area is 125 Å². The molecule has 1 aromatic heterocycles. The number of nitrogen functional groups attached to an aromatic ring is 1. The number of phenols is 1. The summed E-state index contributed by atoms with van der Waals surface area (Å²) in [6.07, 6.45) is 1.29. The maximum atomic E-state index is 12.1. The molecule has 1 aromatic carbocycles. The number of nitrogens with zero attached hydrogens (tertiary/aromatic N) is 3. The van der Waals surface area contributed by atoms with Gasteiger partial charge in [0.1, 0.15) is 5.82 Å². The third-order valence-corrected chi connectivity index (χ3v) is 3.27. The summed E-state index contributed by atoms with van der Waals surface area (Å²) in [4.78, 5) is 27.8. The van der Waals surface area contributed by atoms with E-state index in [4.69, 9.17) is 10.5 Å². The third kappa shape index (κ3) is 2.46. The Balaban J connectivity index is 2.57. The van der Waals surface area contributed by atoms with E-state index < -0.39 is 11.2 Å². The summed E-state index contributed by atoms with van der Waals surface area (Å²) in [5.74, 6) is 0.131. The fourth-order valence-electron chi connectivity index (χ4n) is 1.91. The predicted octanol–water partition coefficient (Wildman–Crippen LogP) is 0.131. The van der Waals surface area contributed by atoms with Crippen LogP contribution in [0.25, 0.3) is 0 Å². The number of ether oxygens (including phenoxy) is 1. The molecule has 8 nitrogen and oxygen atoms in total. The quantitative estimate of drug-likeness (QED) is 0.783. The third-order valence-electron chi connectivity index (χ3n) is 3.27. The highest BCUT2D eigenvalue weighted by Crippen LogP contribution is 2.28. The van der Waals surface area contributed by atoms with Crippen molar-refractivity contribution in [1.29, 1.82) is 0 Å². The van der Waals surface area contributed by atoms with Gasteiger partial charge in [-0.15, -0.1) is 0 Å². The van der Waals surface area contributed by atoms with Crippen LogP contribution in [0.3, 0.4) is 0 Å². The SMILES string of the molecule is COc1cccc(C=Nc2c(N)n(C)c(=O)n(C)c2=O)c1O. The lowest BCUT2D eigenvalue weighted by Gasteiger charge is -2.08. The first-order valence-corrected chi connectivity index (χ1v) is 6.34. The van der Waals surface area contributed by atoms with Crippen molar-refractivity contribution < 1.29 is 9.84 Å². The van der Waals surface area contributed by atoms with Gasteiger partial charge in [0.05, 0.1) is 7.11 Å². The standard InChI is InChI=1S/C14H16N4O4/c1-17-12(15)10(13(20)18(2)14(17)21)16-7-8-5-4-6-9(22-3)11(8)19/h4-7,19H,15H2,1-3H3. The maximum Gasteiger partial charge on any atom is 0.332 e. The Kier molecular flexibility index (Phi) is 4.02. The smallest absolute Gasteiger partial charge is 0.332 e. The van der Waals surface area contributed by atoms with Crippen molar-refractivity contribution in [2.45, 2.75) is 0 Å². The molecule has 1 heterocycles. The highest BCUT2D eigenvalue weighted by Gasteiger charge is 2.12. The Hall–Kier alpha value is -3.03. The van der Waals surface area contributed by atoms with Crippen molar-refractivity contribution in [2.75, 3.05) is 12.8 Å². The number of aromatic hydroxyl groups is 1. The van der Waals surface area contributed by atoms with Crippen molar-refractivity contribution in [2.24, 2.45) is 19.1 Å². The van der Waals surface area contributed by atoms with Gasteiger partial charge in [0, 0.05) is 25.9 Å². The number of phenolic OH excluding ortho intramolecular Hbond substituents is 1. The van der Waals surface area contributed by atoms with Gasteiger partial charge >= 0.3 is 5.69 Å². The van der Waals surface area contributed by atoms with Gasteiger partial charge in [-0.3, -0.25) is 13.9 Å². The molecular weight excluding hydrogens is 288 g/mol. The molecule has 2 rings (SSSR count). The Morgan fingerprint density at radius 1 is 1.27 bits per heavy atom. The molecule has 0 bridgehead atoms. The molecule has 0 aliphatic heterocycles. The molecule has 2 aromatic rings. The van der Waals surface area contributed by atoms with Crippen LogP contribution in [-0.2, 0) is 14.1 Å². The second kappa shape index (κ2) is 5.76. The average molecular weight is 304 g/mol. The number of methoxy groups -OCH3 is 1. The summed E-state index contributed by atoms with van der Waals surface area (Å²) in [6.45, 7) is 0. The molecule has 116 valence electrons. The molecule has 0 fully saturated rings. The number of nitrogens with two attached hydrogens (primary N) is 1. The van der Waals surface area contributed by atoms with E-state index in [1.165, 1.54) is 27.4 Å². The molecule has 22 heavy (non-hydrogen) atoms. The fraction of sp³-hybridized carbons (Fsp3) is 0.214. The highest BCUT2D eigenvalue weighted by molar-refractivity contribution is 5.87. The van der Waals surface area contributed by atoms with Crippen molar-refractivity contribution >= 4 is 17.7 Å². The molecule has 0 saturated heterocycles. The number of hydrogen-bond acceptors (Lipinski definition) is 6.